The van der Waals surface area contributed by atoms with Crippen molar-refractivity contribution in [3.63, 3.8) is 0 Å². The molecular formula is C14H20N2O3. The van der Waals surface area contributed by atoms with Crippen molar-refractivity contribution in [1.82, 2.24) is 10.2 Å². The van der Waals surface area contributed by atoms with E-state index in [1.165, 1.54) is 0 Å². The summed E-state index contributed by atoms with van der Waals surface area (Å²) in [7, 11) is 0. The second-order valence-electron chi connectivity index (χ2n) is 4.81. The second kappa shape index (κ2) is 6.04. The molecule has 104 valence electrons. The molecule has 1 aliphatic heterocycles. The van der Waals surface area contributed by atoms with Crippen molar-refractivity contribution in [2.75, 3.05) is 13.1 Å². The van der Waals surface area contributed by atoms with E-state index in [0.29, 0.717) is 13.1 Å². The summed E-state index contributed by atoms with van der Waals surface area (Å²) in [5.74, 6) is 0.254. The molecule has 0 radical (unpaired) electrons. The van der Waals surface area contributed by atoms with Crippen LogP contribution in [0.25, 0.3) is 0 Å². The van der Waals surface area contributed by atoms with E-state index in [-0.39, 0.29) is 24.3 Å². The molecule has 1 heterocycles. The molecule has 1 unspecified atom stereocenters. The van der Waals surface area contributed by atoms with Gasteiger partial charge in [-0.3, -0.25) is 9.69 Å². The van der Waals surface area contributed by atoms with Crippen LogP contribution in [0.1, 0.15) is 24.5 Å². The monoisotopic (exact) mass is 264 g/mol. The van der Waals surface area contributed by atoms with E-state index in [9.17, 15) is 9.90 Å². The zero-order valence-electron chi connectivity index (χ0n) is 11.1. The van der Waals surface area contributed by atoms with Gasteiger partial charge < -0.3 is 15.5 Å². The number of rotatable bonds is 4. The number of benzene rings is 1. The fraction of sp³-hybridized carbons (Fsp3) is 0.500. The molecule has 0 spiro atoms. The Balaban J connectivity index is 2.17. The van der Waals surface area contributed by atoms with Crippen LogP contribution in [0.4, 0.5) is 0 Å². The molecule has 5 heteroatoms. The molecule has 1 aromatic rings. The summed E-state index contributed by atoms with van der Waals surface area (Å²) in [5.41, 5.74) is 1.52. The Morgan fingerprint density at radius 3 is 2.95 bits per heavy atom. The zero-order chi connectivity index (χ0) is 13.8. The molecule has 0 bridgehead atoms. The lowest BCUT2D eigenvalue weighted by Crippen LogP contribution is -2.54. The van der Waals surface area contributed by atoms with Gasteiger partial charge >= 0.3 is 0 Å². The summed E-state index contributed by atoms with van der Waals surface area (Å²) >= 11 is 0. The predicted octanol–water partition coefficient (Wildman–Crippen LogP) is 0.595. The van der Waals surface area contributed by atoms with E-state index in [0.717, 1.165) is 24.1 Å². The lowest BCUT2D eigenvalue weighted by atomic mass is 10.1. The highest BCUT2D eigenvalue weighted by atomic mass is 16.3. The number of nitrogens with one attached hydrogen (secondary N) is 1. The van der Waals surface area contributed by atoms with Crippen molar-refractivity contribution in [3.8, 4) is 5.75 Å². The average molecular weight is 264 g/mol. The number of phenolic OH excluding ortho intramolecular Hbond substituents is 1. The fourth-order valence-electron chi connectivity index (χ4n) is 2.48. The van der Waals surface area contributed by atoms with Gasteiger partial charge in [-0.2, -0.15) is 0 Å². The largest absolute Gasteiger partial charge is 0.508 e. The van der Waals surface area contributed by atoms with Crippen LogP contribution < -0.4 is 5.32 Å². The molecule has 3 N–H and O–H groups in total. The van der Waals surface area contributed by atoms with Crippen molar-refractivity contribution < 1.29 is 15.0 Å². The maximum Gasteiger partial charge on any atom is 0.237 e. The van der Waals surface area contributed by atoms with Crippen LogP contribution in [0.3, 0.4) is 0 Å². The van der Waals surface area contributed by atoms with Gasteiger partial charge in [0.2, 0.25) is 5.91 Å². The smallest absolute Gasteiger partial charge is 0.237 e. The summed E-state index contributed by atoms with van der Waals surface area (Å²) in [6.07, 6.45) is 0.742. The van der Waals surface area contributed by atoms with Crippen LogP contribution in [0, 0.1) is 0 Å². The fourth-order valence-corrected chi connectivity index (χ4v) is 2.48. The number of aliphatic hydroxyl groups is 1. The molecule has 1 saturated heterocycles. The first-order valence-electron chi connectivity index (χ1n) is 6.59. The minimum absolute atomic E-state index is 0.0477. The number of hydrogen-bond acceptors (Lipinski definition) is 4. The third kappa shape index (κ3) is 3.05. The Labute approximate surface area is 112 Å². The molecule has 1 amide bonds. The summed E-state index contributed by atoms with van der Waals surface area (Å²) in [4.78, 5) is 13.8. The van der Waals surface area contributed by atoms with Gasteiger partial charge in [-0.25, -0.2) is 0 Å². The van der Waals surface area contributed by atoms with Gasteiger partial charge in [0.25, 0.3) is 0 Å². The highest BCUT2D eigenvalue weighted by molar-refractivity contribution is 5.82. The van der Waals surface area contributed by atoms with Crippen molar-refractivity contribution in [3.05, 3.63) is 29.3 Å². The first-order valence-corrected chi connectivity index (χ1v) is 6.59. The standard InChI is InChI=1S/C14H20N2O3/c1-2-12-14(19)15-5-6-16(12)8-11-7-10(9-17)3-4-13(11)18/h3-4,7,12,17-18H,2,5-6,8-9H2,1H3,(H,15,19). The number of carbonyl (C=O) groups is 1. The Morgan fingerprint density at radius 2 is 2.26 bits per heavy atom. The van der Waals surface area contributed by atoms with Crippen molar-refractivity contribution >= 4 is 5.91 Å². The van der Waals surface area contributed by atoms with Crippen LogP contribution >= 0.6 is 0 Å². The van der Waals surface area contributed by atoms with Crippen LogP contribution in [0.5, 0.6) is 5.75 Å². The summed E-state index contributed by atoms with van der Waals surface area (Å²) in [6.45, 7) is 3.85. The number of hydrogen-bond donors (Lipinski definition) is 3. The number of piperazine rings is 1. The van der Waals surface area contributed by atoms with Gasteiger partial charge in [0.1, 0.15) is 5.75 Å². The number of phenols is 1. The lowest BCUT2D eigenvalue weighted by molar-refractivity contribution is -0.129. The van der Waals surface area contributed by atoms with E-state index in [1.807, 2.05) is 6.92 Å². The first kappa shape index (κ1) is 13.8. The first-order chi connectivity index (χ1) is 9.15. The Morgan fingerprint density at radius 1 is 1.47 bits per heavy atom. The summed E-state index contributed by atoms with van der Waals surface area (Å²) in [6, 6.07) is 4.92. The Kier molecular flexibility index (Phi) is 4.39. The molecule has 1 aromatic carbocycles. The number of amides is 1. The normalized spacial score (nSPS) is 20.3. The van der Waals surface area contributed by atoms with Crippen LogP contribution in [0.2, 0.25) is 0 Å². The molecular weight excluding hydrogens is 244 g/mol. The van der Waals surface area contributed by atoms with Gasteiger partial charge in [0, 0.05) is 25.2 Å². The highest BCUT2D eigenvalue weighted by Crippen LogP contribution is 2.22. The summed E-state index contributed by atoms with van der Waals surface area (Å²) < 4.78 is 0. The molecule has 1 aliphatic rings. The quantitative estimate of drug-likeness (QED) is 0.744. The van der Waals surface area contributed by atoms with Gasteiger partial charge in [0.15, 0.2) is 0 Å². The summed E-state index contributed by atoms with van der Waals surface area (Å²) in [5, 5.41) is 21.9. The third-order valence-electron chi connectivity index (χ3n) is 3.53. The predicted molar refractivity (Wildman–Crippen MR) is 71.5 cm³/mol. The van der Waals surface area contributed by atoms with Crippen LogP contribution in [-0.2, 0) is 17.9 Å². The van der Waals surface area contributed by atoms with Crippen molar-refractivity contribution in [1.29, 1.82) is 0 Å². The highest BCUT2D eigenvalue weighted by Gasteiger charge is 2.28. The SMILES string of the molecule is CCC1C(=O)NCCN1Cc1cc(CO)ccc1O. The molecule has 1 fully saturated rings. The molecule has 2 rings (SSSR count). The minimum atomic E-state index is -0.147. The third-order valence-corrected chi connectivity index (χ3v) is 3.53. The second-order valence-corrected chi connectivity index (χ2v) is 4.81. The maximum atomic E-state index is 11.8. The maximum absolute atomic E-state index is 11.8. The number of nitrogens with zero attached hydrogens (tertiary/aromatic N) is 1. The van der Waals surface area contributed by atoms with Gasteiger partial charge in [0.05, 0.1) is 12.6 Å². The zero-order valence-corrected chi connectivity index (χ0v) is 11.1. The van der Waals surface area contributed by atoms with Crippen LogP contribution in [-0.4, -0.2) is 40.2 Å². The molecule has 0 aromatic heterocycles. The Hall–Kier alpha value is -1.59. The van der Waals surface area contributed by atoms with E-state index in [1.54, 1.807) is 18.2 Å². The van der Waals surface area contributed by atoms with Crippen molar-refractivity contribution in [2.24, 2.45) is 0 Å². The van der Waals surface area contributed by atoms with Gasteiger partial charge in [-0.15, -0.1) is 0 Å². The lowest BCUT2D eigenvalue weighted by Gasteiger charge is -2.34. The number of aliphatic hydroxyl groups excluding tert-OH is 1. The molecule has 0 aliphatic carbocycles. The number of aromatic hydroxyl groups is 1. The topological polar surface area (TPSA) is 72.8 Å². The van der Waals surface area contributed by atoms with Crippen molar-refractivity contribution in [2.45, 2.75) is 32.5 Å². The molecule has 19 heavy (non-hydrogen) atoms. The van der Waals surface area contributed by atoms with E-state index >= 15 is 0 Å². The molecule has 1 atom stereocenters. The van der Waals surface area contributed by atoms with E-state index in [4.69, 9.17) is 5.11 Å². The van der Waals surface area contributed by atoms with E-state index in [2.05, 4.69) is 10.2 Å². The molecule has 5 nitrogen and oxygen atoms in total. The number of carbonyl (C=O) groups excluding carboxylic acids is 1. The van der Waals surface area contributed by atoms with E-state index < -0.39 is 0 Å². The molecule has 0 saturated carbocycles. The van der Waals surface area contributed by atoms with Gasteiger partial charge in [-0.05, 0) is 24.1 Å². The van der Waals surface area contributed by atoms with Gasteiger partial charge in [-0.1, -0.05) is 13.0 Å². The Bertz CT molecular complexity index is 462. The average Bonchev–Trinajstić information content (AvgIpc) is 2.41. The minimum Gasteiger partial charge on any atom is -0.508 e. The van der Waals surface area contributed by atoms with Crippen LogP contribution in [0.15, 0.2) is 18.2 Å².